The highest BCUT2D eigenvalue weighted by atomic mass is 32.1. The largest absolute Gasteiger partial charge is 0.478 e. The zero-order valence-electron chi connectivity index (χ0n) is 17.5. The standard InChI is InChI=1S/C25H20N4O3S/c30-24(31)18-8-2-1-7-17(18)20-10-11-21(32-20)23-22(19-9-3-4-13-27-19)28-25(33)29(23)15-16-6-5-12-26-14-16/h1-14,22-23H,15H2,(H,28,33)(H,30,31)/t22-,23-/m1/s1. The number of aromatic carboxylic acids is 1. The Balaban J connectivity index is 1.56. The first kappa shape index (κ1) is 20.8. The molecule has 2 atom stereocenters. The third-order valence-corrected chi connectivity index (χ3v) is 5.97. The lowest BCUT2D eigenvalue weighted by molar-refractivity contribution is 0.0697. The van der Waals surface area contributed by atoms with Gasteiger partial charge in [0, 0.05) is 30.7 Å². The van der Waals surface area contributed by atoms with E-state index in [1.807, 2.05) is 42.6 Å². The summed E-state index contributed by atoms with van der Waals surface area (Å²) in [6.07, 6.45) is 5.29. The smallest absolute Gasteiger partial charge is 0.336 e. The number of carboxylic acid groups (broad SMARTS) is 1. The summed E-state index contributed by atoms with van der Waals surface area (Å²) in [5.74, 6) is 0.149. The van der Waals surface area contributed by atoms with Gasteiger partial charge in [-0.05, 0) is 54.2 Å². The van der Waals surface area contributed by atoms with Crippen LogP contribution >= 0.6 is 12.2 Å². The van der Waals surface area contributed by atoms with Crippen LogP contribution in [0.5, 0.6) is 0 Å². The van der Waals surface area contributed by atoms with Crippen LogP contribution < -0.4 is 5.32 Å². The molecular weight excluding hydrogens is 436 g/mol. The SMILES string of the molecule is O=C(O)c1ccccc1-c1ccc([C@@H]2[C@@H](c3ccccn3)NC(=S)N2Cc2cccnc2)o1. The van der Waals surface area contributed by atoms with E-state index in [-0.39, 0.29) is 17.6 Å². The maximum Gasteiger partial charge on any atom is 0.336 e. The average molecular weight is 457 g/mol. The summed E-state index contributed by atoms with van der Waals surface area (Å²) < 4.78 is 6.26. The molecule has 4 aromatic rings. The Labute approximate surface area is 195 Å². The molecule has 4 heterocycles. The molecule has 0 amide bonds. The molecule has 2 N–H and O–H groups in total. The van der Waals surface area contributed by atoms with Crippen LogP contribution in [0.4, 0.5) is 0 Å². The number of carboxylic acids is 1. The quantitative estimate of drug-likeness (QED) is 0.407. The molecule has 0 saturated carbocycles. The van der Waals surface area contributed by atoms with Crippen molar-refractivity contribution in [3.05, 3.63) is 108 Å². The van der Waals surface area contributed by atoms with Gasteiger partial charge in [-0.15, -0.1) is 0 Å². The van der Waals surface area contributed by atoms with E-state index >= 15 is 0 Å². The van der Waals surface area contributed by atoms with Crippen molar-refractivity contribution < 1.29 is 14.3 Å². The maximum atomic E-state index is 11.7. The van der Waals surface area contributed by atoms with Crippen molar-refractivity contribution in [1.29, 1.82) is 0 Å². The number of nitrogens with zero attached hydrogens (tertiary/aromatic N) is 3. The lowest BCUT2D eigenvalue weighted by Crippen LogP contribution is -2.29. The fraction of sp³-hybridized carbons (Fsp3) is 0.120. The molecule has 8 heteroatoms. The van der Waals surface area contributed by atoms with E-state index < -0.39 is 5.97 Å². The molecule has 0 aliphatic carbocycles. The molecule has 1 aliphatic heterocycles. The minimum absolute atomic E-state index is 0.187. The molecule has 1 saturated heterocycles. The molecule has 1 aliphatic rings. The van der Waals surface area contributed by atoms with Crippen molar-refractivity contribution in [3.63, 3.8) is 0 Å². The van der Waals surface area contributed by atoms with Crippen LogP contribution in [0.15, 0.2) is 89.7 Å². The van der Waals surface area contributed by atoms with Crippen LogP contribution in [0.3, 0.4) is 0 Å². The Kier molecular flexibility index (Phi) is 5.58. The number of carbonyl (C=O) groups is 1. The van der Waals surface area contributed by atoms with Crippen LogP contribution in [-0.2, 0) is 6.54 Å². The summed E-state index contributed by atoms with van der Waals surface area (Å²) in [6.45, 7) is 0.537. The number of rotatable bonds is 6. The van der Waals surface area contributed by atoms with Crippen molar-refractivity contribution in [3.8, 4) is 11.3 Å². The predicted octanol–water partition coefficient (Wildman–Crippen LogP) is 4.61. The lowest BCUT2D eigenvalue weighted by Gasteiger charge is -2.26. The van der Waals surface area contributed by atoms with Crippen LogP contribution in [0.25, 0.3) is 11.3 Å². The van der Waals surface area contributed by atoms with Gasteiger partial charge in [0.25, 0.3) is 0 Å². The van der Waals surface area contributed by atoms with Crippen molar-refractivity contribution in [1.82, 2.24) is 20.2 Å². The lowest BCUT2D eigenvalue weighted by atomic mass is 10.0. The van der Waals surface area contributed by atoms with Gasteiger partial charge in [0.05, 0.1) is 17.3 Å². The first-order valence-electron chi connectivity index (χ1n) is 10.4. The summed E-state index contributed by atoms with van der Waals surface area (Å²) in [5.41, 5.74) is 2.56. The van der Waals surface area contributed by atoms with Crippen LogP contribution in [-0.4, -0.2) is 31.1 Å². The second kappa shape index (κ2) is 8.84. The van der Waals surface area contributed by atoms with Gasteiger partial charge in [-0.25, -0.2) is 4.79 Å². The number of furan rings is 1. The van der Waals surface area contributed by atoms with Gasteiger partial charge in [-0.3, -0.25) is 9.97 Å². The summed E-state index contributed by atoms with van der Waals surface area (Å²) in [7, 11) is 0. The number of hydrogen-bond donors (Lipinski definition) is 2. The molecule has 0 bridgehead atoms. The summed E-state index contributed by atoms with van der Waals surface area (Å²) in [4.78, 5) is 22.5. The van der Waals surface area contributed by atoms with Crippen molar-refractivity contribution >= 4 is 23.3 Å². The molecule has 0 spiro atoms. The topological polar surface area (TPSA) is 91.5 Å². The number of nitrogens with one attached hydrogen (secondary N) is 1. The van der Waals surface area contributed by atoms with Crippen LogP contribution in [0, 0.1) is 0 Å². The first-order valence-corrected chi connectivity index (χ1v) is 10.8. The number of pyridine rings is 2. The zero-order valence-corrected chi connectivity index (χ0v) is 18.3. The normalized spacial score (nSPS) is 17.7. The predicted molar refractivity (Wildman–Crippen MR) is 126 cm³/mol. The minimum atomic E-state index is -1.00. The number of benzene rings is 1. The highest BCUT2D eigenvalue weighted by Gasteiger charge is 2.41. The summed E-state index contributed by atoms with van der Waals surface area (Å²) >= 11 is 5.70. The van der Waals surface area contributed by atoms with Crippen molar-refractivity contribution in [2.75, 3.05) is 0 Å². The Bertz CT molecular complexity index is 1290. The summed E-state index contributed by atoms with van der Waals surface area (Å²) in [5, 5.41) is 13.6. The van der Waals surface area contributed by atoms with E-state index in [1.54, 1.807) is 42.7 Å². The Morgan fingerprint density at radius 2 is 1.91 bits per heavy atom. The first-order chi connectivity index (χ1) is 16.1. The Morgan fingerprint density at radius 3 is 2.67 bits per heavy atom. The van der Waals surface area contributed by atoms with E-state index in [0.29, 0.717) is 28.7 Å². The van der Waals surface area contributed by atoms with E-state index in [0.717, 1.165) is 11.3 Å². The van der Waals surface area contributed by atoms with Gasteiger partial charge < -0.3 is 19.7 Å². The monoisotopic (exact) mass is 456 g/mol. The molecule has 164 valence electrons. The molecule has 7 nitrogen and oxygen atoms in total. The summed E-state index contributed by atoms with van der Waals surface area (Å²) in [6, 6.07) is 19.6. The van der Waals surface area contributed by atoms with Gasteiger partial charge in [0.15, 0.2) is 5.11 Å². The third-order valence-electron chi connectivity index (χ3n) is 5.61. The van der Waals surface area contributed by atoms with Gasteiger partial charge in [-0.2, -0.15) is 0 Å². The zero-order chi connectivity index (χ0) is 22.8. The average Bonchev–Trinajstić information content (AvgIpc) is 3.45. The molecular formula is C25H20N4O3S. The van der Waals surface area contributed by atoms with Gasteiger partial charge in [0.1, 0.15) is 17.6 Å². The van der Waals surface area contributed by atoms with E-state index in [1.165, 1.54) is 0 Å². The van der Waals surface area contributed by atoms with Gasteiger partial charge in [0.2, 0.25) is 0 Å². The molecule has 1 aromatic carbocycles. The van der Waals surface area contributed by atoms with E-state index in [4.69, 9.17) is 16.6 Å². The molecule has 3 aromatic heterocycles. The number of thiocarbonyl (C=S) groups is 1. The Hall–Kier alpha value is -4.04. The fourth-order valence-corrected chi connectivity index (χ4v) is 4.42. The molecule has 0 radical (unpaired) electrons. The maximum absolute atomic E-state index is 11.7. The fourth-order valence-electron chi connectivity index (χ4n) is 4.11. The second-order valence-corrected chi connectivity index (χ2v) is 8.06. The number of hydrogen-bond acceptors (Lipinski definition) is 5. The second-order valence-electron chi connectivity index (χ2n) is 7.67. The molecule has 0 unspecified atom stereocenters. The van der Waals surface area contributed by atoms with Crippen LogP contribution in [0.1, 0.15) is 39.5 Å². The minimum Gasteiger partial charge on any atom is -0.478 e. The highest BCUT2D eigenvalue weighted by Crippen LogP contribution is 2.41. The third kappa shape index (κ3) is 4.08. The van der Waals surface area contributed by atoms with Crippen molar-refractivity contribution in [2.45, 2.75) is 18.6 Å². The highest BCUT2D eigenvalue weighted by molar-refractivity contribution is 7.80. The van der Waals surface area contributed by atoms with Gasteiger partial charge >= 0.3 is 5.97 Å². The van der Waals surface area contributed by atoms with Crippen LogP contribution in [0.2, 0.25) is 0 Å². The van der Waals surface area contributed by atoms with Crippen molar-refractivity contribution in [2.24, 2.45) is 0 Å². The molecule has 33 heavy (non-hydrogen) atoms. The van der Waals surface area contributed by atoms with E-state index in [9.17, 15) is 9.90 Å². The number of aromatic nitrogens is 2. The van der Waals surface area contributed by atoms with E-state index in [2.05, 4.69) is 20.2 Å². The molecule has 5 rings (SSSR count). The Morgan fingerprint density at radius 1 is 1.06 bits per heavy atom. The van der Waals surface area contributed by atoms with Gasteiger partial charge in [-0.1, -0.05) is 30.3 Å². The molecule has 1 fully saturated rings.